The van der Waals surface area contributed by atoms with E-state index in [2.05, 4.69) is 32.5 Å². The predicted octanol–water partition coefficient (Wildman–Crippen LogP) is 2.29. The summed E-state index contributed by atoms with van der Waals surface area (Å²) in [4.78, 5) is 20.9. The van der Waals surface area contributed by atoms with E-state index in [1.54, 1.807) is 42.6 Å². The number of hydrogen-bond donors (Lipinski definition) is 1. The molecule has 1 aromatic carbocycles. The summed E-state index contributed by atoms with van der Waals surface area (Å²) in [7, 11) is 1.77. The normalized spacial score (nSPS) is 16.0. The van der Waals surface area contributed by atoms with Crippen molar-refractivity contribution in [2.24, 2.45) is 7.05 Å². The molecule has 0 fully saturated rings. The summed E-state index contributed by atoms with van der Waals surface area (Å²) in [5.74, 6) is -0.0918. The summed E-state index contributed by atoms with van der Waals surface area (Å²) in [6, 6.07) is 8.04. The number of carbonyl (C=O) groups excluding carboxylic acids is 1. The molecule has 1 aliphatic rings. The van der Waals surface area contributed by atoms with Crippen LogP contribution in [-0.4, -0.2) is 25.7 Å². The molecule has 6 heteroatoms. The fourth-order valence-electron chi connectivity index (χ4n) is 3.20. The molecule has 2 aromatic heterocycles. The number of nitrogens with zero attached hydrogens (tertiary/aromatic N) is 4. The van der Waals surface area contributed by atoms with Crippen LogP contribution < -0.4 is 5.32 Å². The molecule has 1 atom stereocenters. The first-order valence-corrected chi connectivity index (χ1v) is 7.90. The molecule has 0 spiro atoms. The van der Waals surface area contributed by atoms with Crippen LogP contribution in [0.4, 0.5) is 0 Å². The summed E-state index contributed by atoms with van der Waals surface area (Å²) in [6.45, 7) is 0. The lowest BCUT2D eigenvalue weighted by Gasteiger charge is -2.14. The van der Waals surface area contributed by atoms with E-state index in [0.29, 0.717) is 5.69 Å². The summed E-state index contributed by atoms with van der Waals surface area (Å²) >= 11 is 0. The van der Waals surface area contributed by atoms with Gasteiger partial charge >= 0.3 is 0 Å². The molecule has 120 valence electrons. The van der Waals surface area contributed by atoms with Gasteiger partial charge in [-0.05, 0) is 36.1 Å². The van der Waals surface area contributed by atoms with E-state index in [4.69, 9.17) is 0 Å². The summed E-state index contributed by atoms with van der Waals surface area (Å²) in [6.07, 6.45) is 8.60. The van der Waals surface area contributed by atoms with Gasteiger partial charge in [0.15, 0.2) is 0 Å². The first-order chi connectivity index (χ1) is 11.7. The Morgan fingerprint density at radius 3 is 2.92 bits per heavy atom. The van der Waals surface area contributed by atoms with Crippen molar-refractivity contribution in [2.75, 3.05) is 0 Å². The molecule has 1 N–H and O–H groups in total. The number of benzene rings is 1. The van der Waals surface area contributed by atoms with E-state index in [9.17, 15) is 4.79 Å². The Balaban J connectivity index is 1.57. The number of aryl methyl sites for hydroxylation is 2. The van der Waals surface area contributed by atoms with Crippen molar-refractivity contribution >= 4 is 5.91 Å². The maximum atomic E-state index is 12.4. The second-order valence-electron chi connectivity index (χ2n) is 5.91. The second kappa shape index (κ2) is 5.88. The van der Waals surface area contributed by atoms with Crippen molar-refractivity contribution in [3.63, 3.8) is 0 Å². The topological polar surface area (TPSA) is 72.7 Å². The quantitative estimate of drug-likeness (QED) is 0.804. The van der Waals surface area contributed by atoms with Crippen LogP contribution in [-0.2, 0) is 13.5 Å². The molecule has 24 heavy (non-hydrogen) atoms. The van der Waals surface area contributed by atoms with Gasteiger partial charge in [0.05, 0.1) is 17.9 Å². The van der Waals surface area contributed by atoms with E-state index in [1.165, 1.54) is 11.1 Å². The minimum Gasteiger partial charge on any atom is -0.344 e. The number of carbonyl (C=O) groups is 1. The van der Waals surface area contributed by atoms with Crippen LogP contribution in [0, 0.1) is 0 Å². The lowest BCUT2D eigenvalue weighted by molar-refractivity contribution is 0.0927. The van der Waals surface area contributed by atoms with E-state index in [0.717, 1.165) is 24.1 Å². The first-order valence-electron chi connectivity index (χ1n) is 7.90. The van der Waals surface area contributed by atoms with Gasteiger partial charge in [-0.3, -0.25) is 19.4 Å². The highest BCUT2D eigenvalue weighted by atomic mass is 16.2. The fourth-order valence-corrected chi connectivity index (χ4v) is 3.20. The lowest BCUT2D eigenvalue weighted by Crippen LogP contribution is -2.28. The van der Waals surface area contributed by atoms with Gasteiger partial charge in [0.1, 0.15) is 5.69 Å². The van der Waals surface area contributed by atoms with Gasteiger partial charge in [0, 0.05) is 31.2 Å². The van der Waals surface area contributed by atoms with Gasteiger partial charge in [-0.2, -0.15) is 5.10 Å². The van der Waals surface area contributed by atoms with Crippen LogP contribution >= 0.6 is 0 Å². The number of aromatic nitrogens is 4. The van der Waals surface area contributed by atoms with Crippen molar-refractivity contribution < 1.29 is 4.79 Å². The Morgan fingerprint density at radius 1 is 1.25 bits per heavy atom. The molecule has 1 unspecified atom stereocenters. The van der Waals surface area contributed by atoms with E-state index in [1.807, 2.05) is 6.07 Å². The fraction of sp³-hybridized carbons (Fsp3) is 0.222. The van der Waals surface area contributed by atoms with E-state index < -0.39 is 0 Å². The zero-order valence-electron chi connectivity index (χ0n) is 13.3. The van der Waals surface area contributed by atoms with E-state index in [-0.39, 0.29) is 11.9 Å². The average molecular weight is 319 g/mol. The highest BCUT2D eigenvalue weighted by Gasteiger charge is 2.25. The van der Waals surface area contributed by atoms with Crippen LogP contribution in [0.15, 0.2) is 49.1 Å². The number of fused-ring (bicyclic) bond motifs is 1. The summed E-state index contributed by atoms with van der Waals surface area (Å²) in [5, 5.41) is 7.15. The minimum absolute atomic E-state index is 0.0401. The third-order valence-electron chi connectivity index (χ3n) is 4.44. The molecule has 4 rings (SSSR count). The molecule has 1 amide bonds. The molecule has 1 aliphatic carbocycles. The molecule has 0 saturated carbocycles. The van der Waals surface area contributed by atoms with Gasteiger partial charge in [0.2, 0.25) is 0 Å². The Morgan fingerprint density at radius 2 is 2.17 bits per heavy atom. The van der Waals surface area contributed by atoms with Crippen molar-refractivity contribution in [1.29, 1.82) is 0 Å². The largest absolute Gasteiger partial charge is 0.344 e. The smallest absolute Gasteiger partial charge is 0.270 e. The van der Waals surface area contributed by atoms with Crippen LogP contribution in [0.2, 0.25) is 0 Å². The zero-order valence-corrected chi connectivity index (χ0v) is 13.3. The summed E-state index contributed by atoms with van der Waals surface area (Å²) < 4.78 is 1.59. The molecule has 0 aliphatic heterocycles. The minimum atomic E-state index is -0.0918. The third-order valence-corrected chi connectivity index (χ3v) is 4.44. The Kier molecular flexibility index (Phi) is 3.57. The highest BCUT2D eigenvalue weighted by molar-refractivity contribution is 5.92. The van der Waals surface area contributed by atoms with Crippen LogP contribution in [0.3, 0.4) is 0 Å². The molecule has 0 saturated heterocycles. The first kappa shape index (κ1) is 14.6. The van der Waals surface area contributed by atoms with Crippen molar-refractivity contribution in [2.45, 2.75) is 18.9 Å². The van der Waals surface area contributed by atoms with Crippen molar-refractivity contribution in [3.05, 3.63) is 65.9 Å². The molecular weight excluding hydrogens is 302 g/mol. The molecule has 3 aromatic rings. The third kappa shape index (κ3) is 2.56. The number of hydrogen-bond acceptors (Lipinski definition) is 4. The standard InChI is InChI=1S/C18H17N5O/c1-23-17(6-7-21-23)18(24)22-15-5-3-12-10-13(2-4-14(12)15)16-11-19-8-9-20-16/h2,4,6-11,15H,3,5H2,1H3,(H,22,24). The second-order valence-corrected chi connectivity index (χ2v) is 5.91. The van der Waals surface area contributed by atoms with Crippen LogP contribution in [0.1, 0.15) is 34.1 Å². The Labute approximate surface area is 139 Å². The monoisotopic (exact) mass is 319 g/mol. The molecule has 0 radical (unpaired) electrons. The Bertz CT molecular complexity index is 887. The van der Waals surface area contributed by atoms with E-state index >= 15 is 0 Å². The van der Waals surface area contributed by atoms with Crippen molar-refractivity contribution in [1.82, 2.24) is 25.1 Å². The Hall–Kier alpha value is -3.02. The number of rotatable bonds is 3. The zero-order chi connectivity index (χ0) is 16.5. The summed E-state index contributed by atoms with van der Waals surface area (Å²) in [5.41, 5.74) is 4.93. The van der Waals surface area contributed by atoms with Gasteiger partial charge < -0.3 is 5.32 Å². The van der Waals surface area contributed by atoms with Gasteiger partial charge in [-0.1, -0.05) is 12.1 Å². The maximum Gasteiger partial charge on any atom is 0.270 e. The predicted molar refractivity (Wildman–Crippen MR) is 89.2 cm³/mol. The van der Waals surface area contributed by atoms with Crippen LogP contribution in [0.5, 0.6) is 0 Å². The number of nitrogens with one attached hydrogen (secondary N) is 1. The van der Waals surface area contributed by atoms with Crippen molar-refractivity contribution in [3.8, 4) is 11.3 Å². The van der Waals surface area contributed by atoms with Gasteiger partial charge in [0.25, 0.3) is 5.91 Å². The van der Waals surface area contributed by atoms with Gasteiger partial charge in [-0.15, -0.1) is 0 Å². The maximum absolute atomic E-state index is 12.4. The van der Waals surface area contributed by atoms with Crippen LogP contribution in [0.25, 0.3) is 11.3 Å². The number of amides is 1. The molecule has 6 nitrogen and oxygen atoms in total. The SMILES string of the molecule is Cn1nccc1C(=O)NC1CCc2cc(-c3cnccn3)ccc21. The van der Waals surface area contributed by atoms with Gasteiger partial charge in [-0.25, -0.2) is 0 Å². The molecular formula is C18H17N5O. The average Bonchev–Trinajstić information content (AvgIpc) is 3.21. The molecule has 2 heterocycles. The molecule has 0 bridgehead atoms. The highest BCUT2D eigenvalue weighted by Crippen LogP contribution is 2.33. The lowest BCUT2D eigenvalue weighted by atomic mass is 10.0.